The number of carboxylic acid groups (broad SMARTS) is 2. The van der Waals surface area contributed by atoms with Crippen LogP contribution >= 0.6 is 0 Å². The number of halogens is 6. The van der Waals surface area contributed by atoms with E-state index in [1.165, 1.54) is 0 Å². The van der Waals surface area contributed by atoms with Gasteiger partial charge in [-0.25, -0.2) is 14.6 Å². The van der Waals surface area contributed by atoms with Gasteiger partial charge in [0.05, 0.1) is 5.52 Å². The number of aliphatic carboxylic acids is 2. The molecular formula is C22H24F6N6O5. The Bertz CT molecular complexity index is 1290. The summed E-state index contributed by atoms with van der Waals surface area (Å²) in [6, 6.07) is 9.68. The number of hydrogen-bond donors (Lipinski definition) is 6. The van der Waals surface area contributed by atoms with Crippen molar-refractivity contribution in [3.63, 3.8) is 0 Å². The predicted octanol–water partition coefficient (Wildman–Crippen LogP) is 3.79. The van der Waals surface area contributed by atoms with Crippen molar-refractivity contribution in [3.05, 3.63) is 52.4 Å². The SMILES string of the molecule is Cc1cccc(Nc2nc(NCCCCN)nc3cc[nH]c(=O)c23)c1.O=C(O)C(F)(F)F.O=C(O)C(F)(F)F. The number of aromatic amines is 1. The van der Waals surface area contributed by atoms with Crippen molar-refractivity contribution in [2.45, 2.75) is 32.1 Å². The highest BCUT2D eigenvalue weighted by Gasteiger charge is 2.38. The number of fused-ring (bicyclic) bond motifs is 1. The molecule has 0 spiro atoms. The van der Waals surface area contributed by atoms with Crippen LogP contribution in [0.1, 0.15) is 18.4 Å². The normalized spacial score (nSPS) is 11.0. The van der Waals surface area contributed by atoms with Crippen LogP contribution in [0.25, 0.3) is 10.9 Å². The lowest BCUT2D eigenvalue weighted by molar-refractivity contribution is -0.193. The molecule has 3 rings (SSSR count). The van der Waals surface area contributed by atoms with Gasteiger partial charge in [-0.2, -0.15) is 31.3 Å². The standard InChI is InChI=1S/C18H22N6O.2C2HF3O2/c1-12-5-4-6-13(11-12)22-16-15-14(7-10-20-17(15)25)23-18(24-16)21-9-3-2-8-19;2*3-2(4,5)1(6)7/h4-7,10-11H,2-3,8-9,19H2,1H3,(H,20,25)(H2,21,22,23,24);2*(H,6,7). The first-order valence-corrected chi connectivity index (χ1v) is 10.8. The molecule has 0 atom stereocenters. The molecule has 0 aliphatic carbocycles. The lowest BCUT2D eigenvalue weighted by Crippen LogP contribution is -2.21. The van der Waals surface area contributed by atoms with Crippen LogP contribution in [0.4, 0.5) is 43.8 Å². The zero-order valence-electron chi connectivity index (χ0n) is 20.2. The first-order valence-electron chi connectivity index (χ1n) is 10.8. The molecule has 0 radical (unpaired) electrons. The van der Waals surface area contributed by atoms with E-state index in [2.05, 4.69) is 25.6 Å². The molecule has 214 valence electrons. The molecule has 0 saturated heterocycles. The third-order valence-corrected chi connectivity index (χ3v) is 4.30. The van der Waals surface area contributed by atoms with Crippen molar-refractivity contribution in [2.24, 2.45) is 5.73 Å². The summed E-state index contributed by atoms with van der Waals surface area (Å²) in [4.78, 5) is 41.7. The molecule has 3 aromatic rings. The van der Waals surface area contributed by atoms with E-state index in [1.54, 1.807) is 12.3 Å². The van der Waals surface area contributed by atoms with Gasteiger partial charge in [0.15, 0.2) is 0 Å². The van der Waals surface area contributed by atoms with Crippen molar-refractivity contribution < 1.29 is 46.1 Å². The number of nitrogens with one attached hydrogen (secondary N) is 3. The van der Waals surface area contributed by atoms with E-state index >= 15 is 0 Å². The topological polar surface area (TPSA) is 183 Å². The van der Waals surface area contributed by atoms with Crippen LogP contribution in [-0.2, 0) is 9.59 Å². The van der Waals surface area contributed by atoms with Gasteiger partial charge in [0.2, 0.25) is 5.95 Å². The van der Waals surface area contributed by atoms with Gasteiger partial charge >= 0.3 is 24.3 Å². The molecule has 0 aliphatic heterocycles. The van der Waals surface area contributed by atoms with Gasteiger partial charge in [0.25, 0.3) is 5.56 Å². The molecule has 39 heavy (non-hydrogen) atoms. The largest absolute Gasteiger partial charge is 0.490 e. The second-order valence-corrected chi connectivity index (χ2v) is 7.49. The van der Waals surface area contributed by atoms with Crippen LogP contribution in [0.5, 0.6) is 0 Å². The maximum atomic E-state index is 12.3. The molecule has 17 heteroatoms. The number of pyridine rings is 1. The number of nitrogens with zero attached hydrogens (tertiary/aromatic N) is 2. The summed E-state index contributed by atoms with van der Waals surface area (Å²) in [6.45, 7) is 3.41. The maximum absolute atomic E-state index is 12.3. The fraction of sp³-hybridized carbons (Fsp3) is 0.318. The minimum Gasteiger partial charge on any atom is -0.475 e. The Labute approximate surface area is 216 Å². The number of aromatic nitrogens is 3. The summed E-state index contributed by atoms with van der Waals surface area (Å²) in [5, 5.41) is 21.1. The smallest absolute Gasteiger partial charge is 0.475 e. The molecule has 7 N–H and O–H groups in total. The molecule has 2 heterocycles. The van der Waals surface area contributed by atoms with Gasteiger partial charge in [0, 0.05) is 18.4 Å². The van der Waals surface area contributed by atoms with E-state index in [0.717, 1.165) is 30.6 Å². The number of rotatable bonds is 7. The van der Waals surface area contributed by atoms with Crippen LogP contribution in [0.3, 0.4) is 0 Å². The highest BCUT2D eigenvalue weighted by molar-refractivity contribution is 5.90. The molecule has 1 aromatic carbocycles. The van der Waals surface area contributed by atoms with Crippen LogP contribution < -0.4 is 21.9 Å². The third-order valence-electron chi connectivity index (χ3n) is 4.30. The van der Waals surface area contributed by atoms with Crippen molar-refractivity contribution in [3.8, 4) is 0 Å². The molecule has 0 saturated carbocycles. The van der Waals surface area contributed by atoms with E-state index in [-0.39, 0.29) is 5.56 Å². The summed E-state index contributed by atoms with van der Waals surface area (Å²) < 4.78 is 63.5. The molecule has 0 bridgehead atoms. The molecule has 2 aromatic heterocycles. The van der Waals surface area contributed by atoms with E-state index in [1.807, 2.05) is 31.2 Å². The number of benzene rings is 1. The number of carboxylic acids is 2. The highest BCUT2D eigenvalue weighted by atomic mass is 19.4. The average molecular weight is 566 g/mol. The number of unbranched alkanes of at least 4 members (excludes halogenated alkanes) is 1. The van der Waals surface area contributed by atoms with Gasteiger partial charge in [-0.15, -0.1) is 0 Å². The summed E-state index contributed by atoms with van der Waals surface area (Å²) in [7, 11) is 0. The van der Waals surface area contributed by atoms with Gasteiger partial charge in [-0.05, 0) is 50.1 Å². The van der Waals surface area contributed by atoms with Crippen molar-refractivity contribution in [2.75, 3.05) is 23.7 Å². The van der Waals surface area contributed by atoms with Gasteiger partial charge in [-0.1, -0.05) is 12.1 Å². The number of carbonyl (C=O) groups is 2. The fourth-order valence-electron chi connectivity index (χ4n) is 2.59. The summed E-state index contributed by atoms with van der Waals surface area (Å²) >= 11 is 0. The number of hydrogen-bond acceptors (Lipinski definition) is 8. The number of alkyl halides is 6. The second kappa shape index (κ2) is 14.5. The minimum atomic E-state index is -5.08. The summed E-state index contributed by atoms with van der Waals surface area (Å²) in [6.07, 6.45) is -6.70. The Hall–Kier alpha value is -4.41. The Morgan fingerprint density at radius 3 is 2.10 bits per heavy atom. The lowest BCUT2D eigenvalue weighted by atomic mass is 10.2. The average Bonchev–Trinajstić information content (AvgIpc) is 2.81. The van der Waals surface area contributed by atoms with Gasteiger partial charge in [0.1, 0.15) is 11.2 Å². The molecule has 0 amide bonds. The molecule has 11 nitrogen and oxygen atoms in total. The van der Waals surface area contributed by atoms with Crippen LogP contribution in [-0.4, -0.2) is 62.5 Å². The molecule has 0 fully saturated rings. The Kier molecular flexibility index (Phi) is 12.1. The number of aryl methyl sites for hydroxylation is 1. The number of H-pyrrole nitrogens is 1. The van der Waals surface area contributed by atoms with Gasteiger partial charge in [-0.3, -0.25) is 4.79 Å². The summed E-state index contributed by atoms with van der Waals surface area (Å²) in [5.41, 5.74) is 7.88. The maximum Gasteiger partial charge on any atom is 0.490 e. The lowest BCUT2D eigenvalue weighted by Gasteiger charge is -2.11. The van der Waals surface area contributed by atoms with Crippen LogP contribution in [0.2, 0.25) is 0 Å². The van der Waals surface area contributed by atoms with E-state index < -0.39 is 24.3 Å². The van der Waals surface area contributed by atoms with Crippen molar-refractivity contribution in [1.29, 1.82) is 0 Å². The second-order valence-electron chi connectivity index (χ2n) is 7.49. The monoisotopic (exact) mass is 566 g/mol. The Morgan fingerprint density at radius 2 is 1.59 bits per heavy atom. The Balaban J connectivity index is 0.000000449. The highest BCUT2D eigenvalue weighted by Crippen LogP contribution is 2.23. The first kappa shape index (κ1) is 32.6. The number of nitrogens with two attached hydrogens (primary N) is 1. The van der Waals surface area contributed by atoms with Crippen molar-refractivity contribution >= 4 is 40.3 Å². The number of anilines is 3. The quantitative estimate of drug-likeness (QED) is 0.182. The van der Waals surface area contributed by atoms with E-state index in [0.29, 0.717) is 29.2 Å². The molecule has 0 unspecified atom stereocenters. The van der Waals surface area contributed by atoms with E-state index in [4.69, 9.17) is 25.5 Å². The van der Waals surface area contributed by atoms with Gasteiger partial charge < -0.3 is 31.6 Å². The van der Waals surface area contributed by atoms with Crippen molar-refractivity contribution in [1.82, 2.24) is 15.0 Å². The predicted molar refractivity (Wildman–Crippen MR) is 129 cm³/mol. The molecule has 0 aliphatic rings. The fourth-order valence-corrected chi connectivity index (χ4v) is 2.59. The molecular weight excluding hydrogens is 542 g/mol. The van der Waals surface area contributed by atoms with Crippen LogP contribution in [0, 0.1) is 6.92 Å². The minimum absolute atomic E-state index is 0.220. The first-order chi connectivity index (χ1) is 18.1. The van der Waals surface area contributed by atoms with Crippen LogP contribution in [0.15, 0.2) is 41.3 Å². The summed E-state index contributed by atoms with van der Waals surface area (Å²) in [5.74, 6) is -4.54. The zero-order chi connectivity index (χ0) is 29.8. The van der Waals surface area contributed by atoms with E-state index in [9.17, 15) is 31.1 Å². The zero-order valence-corrected chi connectivity index (χ0v) is 20.2. The third kappa shape index (κ3) is 11.7. The Morgan fingerprint density at radius 1 is 1.00 bits per heavy atom.